The maximum absolute atomic E-state index is 11.7. The molecule has 1 aliphatic carbocycles. The molecule has 4 heteroatoms. The number of halogens is 2. The van der Waals surface area contributed by atoms with Crippen molar-refractivity contribution in [1.29, 1.82) is 0 Å². The summed E-state index contributed by atoms with van der Waals surface area (Å²) in [4.78, 5) is 2.27. The van der Waals surface area contributed by atoms with Gasteiger partial charge in [0.25, 0.3) is 0 Å². The fourth-order valence-electron chi connectivity index (χ4n) is 4.42. The van der Waals surface area contributed by atoms with E-state index in [1.54, 1.807) is 0 Å². The minimum absolute atomic E-state index is 0. The van der Waals surface area contributed by atoms with Crippen molar-refractivity contribution >= 4 is 28.3 Å². The summed E-state index contributed by atoms with van der Waals surface area (Å²) in [6.45, 7) is 0. The Kier molecular flexibility index (Phi) is 7.72. The Bertz CT molecular complexity index is 676. The Hall–Kier alpha value is -0.870. The summed E-state index contributed by atoms with van der Waals surface area (Å²) >= 11 is 3.53. The third-order valence-corrected chi connectivity index (χ3v) is 6.10. The van der Waals surface area contributed by atoms with E-state index in [-0.39, 0.29) is 24.4 Å². The molecule has 0 aliphatic heterocycles. The van der Waals surface area contributed by atoms with E-state index in [1.165, 1.54) is 17.5 Å². The van der Waals surface area contributed by atoms with E-state index in [1.807, 2.05) is 6.07 Å². The Balaban J connectivity index is 0.00000243. The van der Waals surface area contributed by atoms with Crippen molar-refractivity contribution in [3.63, 3.8) is 0 Å². The monoisotopic (exact) mass is 437 g/mol. The van der Waals surface area contributed by atoms with Gasteiger partial charge in [0.1, 0.15) is 0 Å². The Morgan fingerprint density at radius 3 is 2.35 bits per heavy atom. The number of benzene rings is 2. The number of hydrogen-bond acceptors (Lipinski definition) is 2. The fraction of sp³-hybridized carbons (Fsp3) is 0.455. The third kappa shape index (κ3) is 4.89. The average molecular weight is 439 g/mol. The summed E-state index contributed by atoms with van der Waals surface area (Å²) in [5, 5.41) is 11.7. The summed E-state index contributed by atoms with van der Waals surface area (Å²) in [6, 6.07) is 19.2. The van der Waals surface area contributed by atoms with Crippen LogP contribution in [0.25, 0.3) is 0 Å². The van der Waals surface area contributed by atoms with Crippen molar-refractivity contribution in [1.82, 2.24) is 4.90 Å². The van der Waals surface area contributed by atoms with Gasteiger partial charge in [-0.05, 0) is 50.2 Å². The zero-order valence-corrected chi connectivity index (χ0v) is 18.0. The molecular weight excluding hydrogens is 410 g/mol. The molecule has 0 spiro atoms. The smallest absolute Gasteiger partial charge is 0.0734 e. The average Bonchev–Trinajstić information content (AvgIpc) is 2.59. The van der Waals surface area contributed by atoms with Crippen LogP contribution in [-0.2, 0) is 6.42 Å². The summed E-state index contributed by atoms with van der Waals surface area (Å²) in [7, 11) is 4.26. The summed E-state index contributed by atoms with van der Waals surface area (Å²) in [5.41, 5.74) is 1.86. The highest BCUT2D eigenvalue weighted by Crippen LogP contribution is 2.45. The molecule has 2 aromatic rings. The lowest BCUT2D eigenvalue weighted by atomic mass is 9.67. The van der Waals surface area contributed by atoms with Gasteiger partial charge in [0.2, 0.25) is 0 Å². The van der Waals surface area contributed by atoms with Crippen LogP contribution in [0.4, 0.5) is 0 Å². The van der Waals surface area contributed by atoms with Crippen molar-refractivity contribution < 1.29 is 5.11 Å². The molecule has 1 fully saturated rings. The van der Waals surface area contributed by atoms with Gasteiger partial charge in [-0.3, -0.25) is 0 Å². The molecule has 3 atom stereocenters. The molecule has 1 N–H and O–H groups in total. The predicted molar refractivity (Wildman–Crippen MR) is 115 cm³/mol. The van der Waals surface area contributed by atoms with E-state index in [0.29, 0.717) is 0 Å². The van der Waals surface area contributed by atoms with Crippen LogP contribution in [0.2, 0.25) is 0 Å². The summed E-state index contributed by atoms with van der Waals surface area (Å²) in [6.07, 6.45) is 5.00. The van der Waals surface area contributed by atoms with Gasteiger partial charge < -0.3 is 10.0 Å². The number of rotatable bonds is 5. The lowest BCUT2D eigenvalue weighted by molar-refractivity contribution is -0.0770. The fourth-order valence-corrected chi connectivity index (χ4v) is 4.68. The number of aliphatic hydroxyl groups is 1. The maximum atomic E-state index is 11.7. The zero-order chi connectivity index (χ0) is 17.9. The molecule has 142 valence electrons. The maximum Gasteiger partial charge on any atom is 0.0734 e. The van der Waals surface area contributed by atoms with Crippen molar-refractivity contribution in [2.45, 2.75) is 43.7 Å². The van der Waals surface area contributed by atoms with Gasteiger partial charge in [0.15, 0.2) is 0 Å². The molecule has 0 saturated heterocycles. The zero-order valence-electron chi connectivity index (χ0n) is 15.6. The molecule has 2 nitrogen and oxygen atoms in total. The molecular formula is C22H29BrClNO. The Labute approximate surface area is 172 Å². The van der Waals surface area contributed by atoms with Gasteiger partial charge in [-0.1, -0.05) is 71.2 Å². The predicted octanol–water partition coefficient (Wildman–Crippen LogP) is 5.64. The van der Waals surface area contributed by atoms with Crippen molar-refractivity contribution in [3.05, 3.63) is 70.2 Å². The molecule has 3 rings (SSSR count). The normalized spacial score (nSPS) is 24.1. The highest BCUT2D eigenvalue weighted by atomic mass is 79.9. The Morgan fingerprint density at radius 2 is 1.73 bits per heavy atom. The molecule has 1 saturated carbocycles. The molecule has 0 heterocycles. The van der Waals surface area contributed by atoms with E-state index < -0.39 is 5.60 Å². The van der Waals surface area contributed by atoms with Crippen LogP contribution in [0, 0.1) is 5.92 Å². The molecule has 3 unspecified atom stereocenters. The van der Waals surface area contributed by atoms with Crippen molar-refractivity contribution in [2.24, 2.45) is 5.92 Å². The van der Waals surface area contributed by atoms with Crippen LogP contribution in [0.1, 0.15) is 42.9 Å². The van der Waals surface area contributed by atoms with E-state index in [0.717, 1.165) is 30.2 Å². The SMILES string of the molecule is CN(C)C(c1ccc(Br)cc1)C1CCCCC1(O)Cc1ccccc1.Cl. The first kappa shape index (κ1) is 21.4. The largest absolute Gasteiger partial charge is 0.389 e. The molecule has 1 aliphatic rings. The minimum atomic E-state index is -0.651. The standard InChI is InChI=1S/C22H28BrNO.ClH/c1-24(2)21(18-11-13-19(23)14-12-18)20-10-6-7-15-22(20,25)16-17-8-4-3-5-9-17;/h3-5,8-9,11-14,20-21,25H,6-7,10,15-16H2,1-2H3;1H. The van der Waals surface area contributed by atoms with Gasteiger partial charge in [-0.15, -0.1) is 12.4 Å². The van der Waals surface area contributed by atoms with E-state index in [2.05, 4.69) is 83.5 Å². The second-order valence-corrected chi connectivity index (χ2v) is 8.49. The first-order valence-corrected chi connectivity index (χ1v) is 9.97. The third-order valence-electron chi connectivity index (χ3n) is 5.57. The van der Waals surface area contributed by atoms with Crippen LogP contribution >= 0.6 is 28.3 Å². The molecule has 2 aromatic carbocycles. The molecule has 26 heavy (non-hydrogen) atoms. The number of hydrogen-bond donors (Lipinski definition) is 1. The Morgan fingerprint density at radius 1 is 1.08 bits per heavy atom. The van der Waals surface area contributed by atoms with Crippen LogP contribution in [-0.4, -0.2) is 29.7 Å². The van der Waals surface area contributed by atoms with Crippen molar-refractivity contribution in [3.8, 4) is 0 Å². The quantitative estimate of drug-likeness (QED) is 0.653. The molecule has 0 aromatic heterocycles. The second-order valence-electron chi connectivity index (χ2n) is 7.58. The van der Waals surface area contributed by atoms with Crippen LogP contribution in [0.15, 0.2) is 59.1 Å². The van der Waals surface area contributed by atoms with Gasteiger partial charge in [-0.25, -0.2) is 0 Å². The number of nitrogens with zero attached hydrogens (tertiary/aromatic N) is 1. The lowest BCUT2D eigenvalue weighted by Crippen LogP contribution is -2.48. The second kappa shape index (κ2) is 9.36. The van der Waals surface area contributed by atoms with Gasteiger partial charge in [0, 0.05) is 22.9 Å². The first-order chi connectivity index (χ1) is 12.0. The van der Waals surface area contributed by atoms with E-state index >= 15 is 0 Å². The first-order valence-electron chi connectivity index (χ1n) is 9.18. The summed E-state index contributed by atoms with van der Waals surface area (Å²) in [5.74, 6) is 0.234. The molecule has 0 bridgehead atoms. The van der Waals surface area contributed by atoms with Gasteiger partial charge in [-0.2, -0.15) is 0 Å². The van der Waals surface area contributed by atoms with E-state index in [4.69, 9.17) is 0 Å². The van der Waals surface area contributed by atoms with Crippen LogP contribution < -0.4 is 0 Å². The van der Waals surface area contributed by atoms with E-state index in [9.17, 15) is 5.11 Å². The summed E-state index contributed by atoms with van der Waals surface area (Å²) < 4.78 is 1.09. The minimum Gasteiger partial charge on any atom is -0.389 e. The molecule has 0 amide bonds. The van der Waals surface area contributed by atoms with Gasteiger partial charge in [0.05, 0.1) is 5.60 Å². The highest BCUT2D eigenvalue weighted by Gasteiger charge is 2.44. The molecule has 0 radical (unpaired) electrons. The lowest BCUT2D eigenvalue weighted by Gasteiger charge is -2.46. The topological polar surface area (TPSA) is 23.5 Å². The van der Waals surface area contributed by atoms with Crippen LogP contribution in [0.3, 0.4) is 0 Å². The van der Waals surface area contributed by atoms with Gasteiger partial charge >= 0.3 is 0 Å². The highest BCUT2D eigenvalue weighted by molar-refractivity contribution is 9.10. The van der Waals surface area contributed by atoms with Crippen molar-refractivity contribution in [2.75, 3.05) is 14.1 Å². The van der Waals surface area contributed by atoms with Crippen LogP contribution in [0.5, 0.6) is 0 Å².